The van der Waals surface area contributed by atoms with E-state index in [0.29, 0.717) is 0 Å². The third kappa shape index (κ3) is 2.67. The van der Waals surface area contributed by atoms with Crippen molar-refractivity contribution in [1.29, 1.82) is 0 Å². The molecular formula is C14H17N3OS2. The van der Waals surface area contributed by atoms with Crippen LogP contribution in [0.1, 0.15) is 40.2 Å². The molecule has 0 radical (unpaired) electrons. The van der Waals surface area contributed by atoms with E-state index in [1.165, 1.54) is 10.6 Å². The van der Waals surface area contributed by atoms with Gasteiger partial charge < -0.3 is 4.98 Å². The van der Waals surface area contributed by atoms with Gasteiger partial charge in [-0.3, -0.25) is 4.79 Å². The van der Waals surface area contributed by atoms with Gasteiger partial charge in [0.1, 0.15) is 0 Å². The third-order valence-electron chi connectivity index (χ3n) is 3.48. The van der Waals surface area contributed by atoms with Gasteiger partial charge in [-0.1, -0.05) is 18.7 Å². The Kier molecular flexibility index (Phi) is 3.94. The normalized spacial score (nSPS) is 13.7. The summed E-state index contributed by atoms with van der Waals surface area (Å²) < 4.78 is 0. The largest absolute Gasteiger partial charge is 0.301 e. The number of rotatable bonds is 4. The van der Waals surface area contributed by atoms with Crippen LogP contribution >= 0.6 is 23.1 Å². The minimum Gasteiger partial charge on any atom is -0.301 e. The number of aryl methyl sites for hydroxylation is 3. The molecular weight excluding hydrogens is 290 g/mol. The summed E-state index contributed by atoms with van der Waals surface area (Å²) in [6, 6.07) is 0. The van der Waals surface area contributed by atoms with Gasteiger partial charge in [0.25, 0.3) is 5.56 Å². The summed E-state index contributed by atoms with van der Waals surface area (Å²) >= 11 is 3.34. The van der Waals surface area contributed by atoms with Crippen LogP contribution in [0.25, 0.3) is 0 Å². The predicted molar refractivity (Wildman–Crippen MR) is 82.7 cm³/mol. The van der Waals surface area contributed by atoms with Crippen LogP contribution in [0.4, 0.5) is 0 Å². The highest BCUT2D eigenvalue weighted by Gasteiger charge is 2.17. The number of thiazole rings is 1. The van der Waals surface area contributed by atoms with E-state index in [-0.39, 0.29) is 5.56 Å². The second-order valence-electron chi connectivity index (χ2n) is 4.89. The summed E-state index contributed by atoms with van der Waals surface area (Å²) in [5, 5.41) is 1.84. The lowest BCUT2D eigenvalue weighted by atomic mass is 10.3. The molecule has 0 saturated heterocycles. The number of hydrogen-bond donors (Lipinski definition) is 1. The summed E-state index contributed by atoms with van der Waals surface area (Å²) in [7, 11) is 0. The lowest BCUT2D eigenvalue weighted by molar-refractivity contribution is 0.869. The summed E-state index contributed by atoms with van der Waals surface area (Å²) in [5.41, 5.74) is 3.10. The number of hydrogen-bond acceptors (Lipinski definition) is 5. The molecule has 0 saturated carbocycles. The van der Waals surface area contributed by atoms with Crippen molar-refractivity contribution in [2.45, 2.75) is 50.4 Å². The monoisotopic (exact) mass is 307 g/mol. The maximum Gasteiger partial charge on any atom is 0.254 e. The predicted octanol–water partition coefficient (Wildman–Crippen LogP) is 2.88. The summed E-state index contributed by atoms with van der Waals surface area (Å²) in [6.07, 6.45) is 3.81. The lowest BCUT2D eigenvalue weighted by Gasteiger charge is -2.03. The number of aromatic amines is 1. The standard InChI is InChI=1S/C14H17N3OS2/c1-3-10-12(20-8(2)15-10)7-19-14-16-11-6-4-5-9(11)13(18)17-14/h3-7H2,1-2H3,(H,16,17,18). The molecule has 2 aromatic rings. The van der Waals surface area contributed by atoms with Crippen LogP contribution in [-0.4, -0.2) is 15.0 Å². The number of fused-ring (bicyclic) bond motifs is 1. The van der Waals surface area contributed by atoms with Gasteiger partial charge >= 0.3 is 0 Å². The molecule has 0 spiro atoms. The molecule has 0 unspecified atom stereocenters. The minimum absolute atomic E-state index is 0.0474. The Bertz CT molecular complexity index is 690. The zero-order valence-corrected chi connectivity index (χ0v) is 13.3. The van der Waals surface area contributed by atoms with E-state index in [1.54, 1.807) is 23.1 Å². The molecule has 6 heteroatoms. The molecule has 0 atom stereocenters. The maximum absolute atomic E-state index is 12.0. The van der Waals surface area contributed by atoms with E-state index in [0.717, 1.165) is 52.9 Å². The molecule has 2 aromatic heterocycles. The minimum atomic E-state index is 0.0474. The molecule has 1 N–H and O–H groups in total. The van der Waals surface area contributed by atoms with E-state index >= 15 is 0 Å². The van der Waals surface area contributed by atoms with E-state index in [9.17, 15) is 4.79 Å². The highest BCUT2D eigenvalue weighted by atomic mass is 32.2. The molecule has 0 bridgehead atoms. The lowest BCUT2D eigenvalue weighted by Crippen LogP contribution is -2.14. The van der Waals surface area contributed by atoms with Crippen molar-refractivity contribution in [1.82, 2.24) is 15.0 Å². The number of nitrogens with zero attached hydrogens (tertiary/aromatic N) is 2. The van der Waals surface area contributed by atoms with Crippen LogP contribution < -0.4 is 5.56 Å². The highest BCUT2D eigenvalue weighted by Crippen LogP contribution is 2.27. The molecule has 0 amide bonds. The van der Waals surface area contributed by atoms with Gasteiger partial charge in [0.15, 0.2) is 5.16 Å². The van der Waals surface area contributed by atoms with Gasteiger partial charge in [0, 0.05) is 16.2 Å². The van der Waals surface area contributed by atoms with Crippen LogP contribution in [0.15, 0.2) is 9.95 Å². The fraction of sp³-hybridized carbons (Fsp3) is 0.500. The van der Waals surface area contributed by atoms with Gasteiger partial charge in [-0.15, -0.1) is 11.3 Å². The van der Waals surface area contributed by atoms with Crippen LogP contribution in [0, 0.1) is 6.92 Å². The van der Waals surface area contributed by atoms with E-state index < -0.39 is 0 Å². The van der Waals surface area contributed by atoms with Crippen LogP contribution in [0.2, 0.25) is 0 Å². The zero-order chi connectivity index (χ0) is 14.1. The van der Waals surface area contributed by atoms with Crippen LogP contribution in [0.5, 0.6) is 0 Å². The molecule has 106 valence electrons. The Morgan fingerprint density at radius 1 is 1.35 bits per heavy atom. The molecule has 2 heterocycles. The first-order chi connectivity index (χ1) is 9.67. The first kappa shape index (κ1) is 13.8. The molecule has 1 aliphatic carbocycles. The third-order valence-corrected chi connectivity index (χ3v) is 5.58. The first-order valence-corrected chi connectivity index (χ1v) is 8.67. The van der Waals surface area contributed by atoms with Crippen molar-refractivity contribution in [2.75, 3.05) is 0 Å². The molecule has 1 aliphatic rings. The number of thioether (sulfide) groups is 1. The fourth-order valence-corrected chi connectivity index (χ4v) is 4.53. The van der Waals surface area contributed by atoms with Crippen molar-refractivity contribution in [3.63, 3.8) is 0 Å². The smallest absolute Gasteiger partial charge is 0.254 e. The van der Waals surface area contributed by atoms with Crippen molar-refractivity contribution in [3.8, 4) is 0 Å². The van der Waals surface area contributed by atoms with Crippen molar-refractivity contribution < 1.29 is 0 Å². The molecule has 0 aliphatic heterocycles. The Labute approximate surface area is 126 Å². The Balaban J connectivity index is 1.79. The molecule has 20 heavy (non-hydrogen) atoms. The van der Waals surface area contributed by atoms with Crippen molar-refractivity contribution >= 4 is 23.1 Å². The Morgan fingerprint density at radius 2 is 2.20 bits per heavy atom. The molecule has 4 nitrogen and oxygen atoms in total. The zero-order valence-electron chi connectivity index (χ0n) is 11.7. The number of nitrogens with one attached hydrogen (secondary N) is 1. The van der Waals surface area contributed by atoms with Gasteiger partial charge in [0.05, 0.1) is 16.4 Å². The topological polar surface area (TPSA) is 58.6 Å². The summed E-state index contributed by atoms with van der Waals surface area (Å²) in [5.74, 6) is 0.830. The van der Waals surface area contributed by atoms with E-state index in [2.05, 4.69) is 21.9 Å². The van der Waals surface area contributed by atoms with E-state index in [1.807, 2.05) is 6.92 Å². The Morgan fingerprint density at radius 3 is 3.00 bits per heavy atom. The molecule has 3 rings (SSSR count). The average Bonchev–Trinajstić information content (AvgIpc) is 3.02. The summed E-state index contributed by atoms with van der Waals surface area (Å²) in [4.78, 5) is 25.3. The van der Waals surface area contributed by atoms with Gasteiger partial charge in [-0.05, 0) is 32.6 Å². The van der Waals surface area contributed by atoms with Crippen LogP contribution in [0.3, 0.4) is 0 Å². The summed E-state index contributed by atoms with van der Waals surface area (Å²) in [6.45, 7) is 4.16. The molecule has 0 fully saturated rings. The van der Waals surface area contributed by atoms with Crippen molar-refractivity contribution in [3.05, 3.63) is 37.2 Å². The SMILES string of the molecule is CCc1nc(C)sc1CSc1nc2c(c(=O)[nH]1)CCC2. The average molecular weight is 307 g/mol. The number of H-pyrrole nitrogens is 1. The highest BCUT2D eigenvalue weighted by molar-refractivity contribution is 7.98. The van der Waals surface area contributed by atoms with E-state index in [4.69, 9.17) is 0 Å². The van der Waals surface area contributed by atoms with Crippen LogP contribution in [-0.2, 0) is 25.0 Å². The fourth-order valence-electron chi connectivity index (χ4n) is 2.52. The Hall–Kier alpha value is -1.14. The van der Waals surface area contributed by atoms with Gasteiger partial charge in [-0.25, -0.2) is 9.97 Å². The maximum atomic E-state index is 12.0. The van der Waals surface area contributed by atoms with Gasteiger partial charge in [0.2, 0.25) is 0 Å². The quantitative estimate of drug-likeness (QED) is 0.697. The molecule has 0 aromatic carbocycles. The second kappa shape index (κ2) is 5.69. The number of aromatic nitrogens is 3. The second-order valence-corrected chi connectivity index (χ2v) is 7.15. The van der Waals surface area contributed by atoms with Crippen molar-refractivity contribution in [2.24, 2.45) is 0 Å². The first-order valence-electron chi connectivity index (χ1n) is 6.87. The van der Waals surface area contributed by atoms with Gasteiger partial charge in [-0.2, -0.15) is 0 Å².